The fraction of sp³-hybridized carbons (Fsp3) is 0.190. The Hall–Kier alpha value is -3.12. The summed E-state index contributed by atoms with van der Waals surface area (Å²) in [6.45, 7) is 5.79. The Balaban J connectivity index is 1.81. The van der Waals surface area contributed by atoms with Crippen molar-refractivity contribution in [1.29, 1.82) is 0 Å². The first kappa shape index (κ1) is 19.6. The standard InChI is InChI=1S/C21H21ClN4O2/c1-13(2)19-18(12-23-26(19)16-10-8-15(22)9-11-16)21(28)25-24-20(27)17-7-5-4-6-14(17)3/h4-13H,1-3H3,(H,24,27)(H,25,28). The van der Waals surface area contributed by atoms with Crippen LogP contribution in [0, 0.1) is 6.92 Å². The van der Waals surface area contributed by atoms with Crippen LogP contribution >= 0.6 is 11.6 Å². The molecule has 28 heavy (non-hydrogen) atoms. The van der Waals surface area contributed by atoms with E-state index in [4.69, 9.17) is 11.6 Å². The lowest BCUT2D eigenvalue weighted by atomic mass is 10.1. The topological polar surface area (TPSA) is 76.0 Å². The Morgan fingerprint density at radius 2 is 1.57 bits per heavy atom. The number of nitrogens with zero attached hydrogens (tertiary/aromatic N) is 2. The molecule has 0 saturated heterocycles. The van der Waals surface area contributed by atoms with Gasteiger partial charge in [0.25, 0.3) is 11.8 Å². The van der Waals surface area contributed by atoms with E-state index < -0.39 is 5.91 Å². The molecule has 0 atom stereocenters. The van der Waals surface area contributed by atoms with E-state index in [1.807, 2.05) is 45.0 Å². The zero-order valence-electron chi connectivity index (χ0n) is 15.9. The van der Waals surface area contributed by atoms with E-state index in [2.05, 4.69) is 16.0 Å². The van der Waals surface area contributed by atoms with Crippen LogP contribution < -0.4 is 10.9 Å². The zero-order chi connectivity index (χ0) is 20.3. The summed E-state index contributed by atoms with van der Waals surface area (Å²) in [6, 6.07) is 14.4. The van der Waals surface area contributed by atoms with Gasteiger partial charge in [-0.3, -0.25) is 20.4 Å². The maximum atomic E-state index is 12.7. The predicted molar refractivity (Wildman–Crippen MR) is 109 cm³/mol. The maximum absolute atomic E-state index is 12.7. The molecule has 0 radical (unpaired) electrons. The number of aromatic nitrogens is 2. The summed E-state index contributed by atoms with van der Waals surface area (Å²) in [4.78, 5) is 25.0. The van der Waals surface area contributed by atoms with Gasteiger partial charge < -0.3 is 0 Å². The van der Waals surface area contributed by atoms with Crippen LogP contribution in [0.2, 0.25) is 5.02 Å². The molecule has 0 saturated carbocycles. The first-order valence-corrected chi connectivity index (χ1v) is 9.26. The number of carbonyl (C=O) groups excluding carboxylic acids is 2. The fourth-order valence-electron chi connectivity index (χ4n) is 2.95. The number of hydrogen-bond acceptors (Lipinski definition) is 3. The van der Waals surface area contributed by atoms with Crippen molar-refractivity contribution in [1.82, 2.24) is 20.6 Å². The minimum atomic E-state index is -0.425. The van der Waals surface area contributed by atoms with Crippen molar-refractivity contribution in [3.63, 3.8) is 0 Å². The van der Waals surface area contributed by atoms with Gasteiger partial charge in [-0.25, -0.2) is 4.68 Å². The van der Waals surface area contributed by atoms with Crippen molar-refractivity contribution in [2.24, 2.45) is 0 Å². The van der Waals surface area contributed by atoms with Gasteiger partial charge in [0.05, 0.1) is 23.1 Å². The van der Waals surface area contributed by atoms with Crippen molar-refractivity contribution < 1.29 is 9.59 Å². The van der Waals surface area contributed by atoms with Crippen LogP contribution in [0.4, 0.5) is 0 Å². The summed E-state index contributed by atoms with van der Waals surface area (Å²) >= 11 is 5.96. The number of nitrogens with one attached hydrogen (secondary N) is 2. The largest absolute Gasteiger partial charge is 0.273 e. The first-order valence-electron chi connectivity index (χ1n) is 8.88. The molecule has 2 N–H and O–H groups in total. The average molecular weight is 397 g/mol. The highest BCUT2D eigenvalue weighted by atomic mass is 35.5. The SMILES string of the molecule is Cc1ccccc1C(=O)NNC(=O)c1cnn(-c2ccc(Cl)cc2)c1C(C)C. The normalized spacial score (nSPS) is 10.8. The monoisotopic (exact) mass is 396 g/mol. The zero-order valence-corrected chi connectivity index (χ0v) is 16.6. The van der Waals surface area contributed by atoms with Crippen LogP contribution in [0.5, 0.6) is 0 Å². The fourth-order valence-corrected chi connectivity index (χ4v) is 3.08. The van der Waals surface area contributed by atoms with Crippen molar-refractivity contribution in [2.75, 3.05) is 0 Å². The number of benzene rings is 2. The highest BCUT2D eigenvalue weighted by molar-refractivity contribution is 6.30. The predicted octanol–water partition coefficient (Wildman–Crippen LogP) is 4.03. The molecule has 2 amide bonds. The lowest BCUT2D eigenvalue weighted by Crippen LogP contribution is -2.42. The Morgan fingerprint density at radius 1 is 0.964 bits per heavy atom. The summed E-state index contributed by atoms with van der Waals surface area (Å²) < 4.78 is 1.71. The minimum absolute atomic E-state index is 0.0333. The third kappa shape index (κ3) is 4.07. The van der Waals surface area contributed by atoms with Crippen LogP contribution in [0.3, 0.4) is 0 Å². The first-order chi connectivity index (χ1) is 13.4. The van der Waals surface area contributed by atoms with Gasteiger partial charge in [0.15, 0.2) is 0 Å². The lowest BCUT2D eigenvalue weighted by Gasteiger charge is -2.13. The third-order valence-corrected chi connectivity index (χ3v) is 4.60. The number of carbonyl (C=O) groups is 2. The highest BCUT2D eigenvalue weighted by Crippen LogP contribution is 2.24. The van der Waals surface area contributed by atoms with Gasteiger partial charge in [-0.05, 0) is 48.7 Å². The molecule has 7 heteroatoms. The van der Waals surface area contributed by atoms with Crippen LogP contribution in [0.1, 0.15) is 51.7 Å². The van der Waals surface area contributed by atoms with Crippen molar-refractivity contribution in [2.45, 2.75) is 26.7 Å². The van der Waals surface area contributed by atoms with Crippen molar-refractivity contribution in [3.05, 3.63) is 82.1 Å². The van der Waals surface area contributed by atoms with E-state index >= 15 is 0 Å². The van der Waals surface area contributed by atoms with E-state index in [1.54, 1.807) is 28.9 Å². The lowest BCUT2D eigenvalue weighted by molar-refractivity contribution is 0.0845. The van der Waals surface area contributed by atoms with E-state index in [9.17, 15) is 9.59 Å². The number of aryl methyl sites for hydroxylation is 1. The number of amides is 2. The minimum Gasteiger partial charge on any atom is -0.267 e. The quantitative estimate of drug-likeness (QED) is 0.653. The number of rotatable bonds is 4. The average Bonchev–Trinajstić information content (AvgIpc) is 3.12. The van der Waals surface area contributed by atoms with Crippen LogP contribution in [-0.4, -0.2) is 21.6 Å². The van der Waals surface area contributed by atoms with Crippen LogP contribution in [-0.2, 0) is 0 Å². The number of halogens is 1. The third-order valence-electron chi connectivity index (χ3n) is 4.35. The van der Waals surface area contributed by atoms with Gasteiger partial charge in [0.2, 0.25) is 0 Å². The molecule has 3 aromatic rings. The second-order valence-electron chi connectivity index (χ2n) is 6.71. The number of hydrogen-bond donors (Lipinski definition) is 2. The summed E-state index contributed by atoms with van der Waals surface area (Å²) in [7, 11) is 0. The van der Waals surface area contributed by atoms with E-state index in [0.717, 1.165) is 16.9 Å². The Labute approximate surface area is 168 Å². The molecule has 2 aromatic carbocycles. The molecule has 144 valence electrons. The molecule has 6 nitrogen and oxygen atoms in total. The maximum Gasteiger partial charge on any atom is 0.273 e. The van der Waals surface area contributed by atoms with Gasteiger partial charge in [-0.1, -0.05) is 43.6 Å². The van der Waals surface area contributed by atoms with Gasteiger partial charge in [-0.2, -0.15) is 5.10 Å². The van der Waals surface area contributed by atoms with Gasteiger partial charge in [0.1, 0.15) is 0 Å². The summed E-state index contributed by atoms with van der Waals surface area (Å²) in [5, 5.41) is 4.98. The second kappa shape index (κ2) is 8.27. The Kier molecular flexibility index (Phi) is 5.80. The van der Waals surface area contributed by atoms with Crippen molar-refractivity contribution >= 4 is 23.4 Å². The van der Waals surface area contributed by atoms with E-state index in [-0.39, 0.29) is 11.8 Å². The molecule has 0 spiro atoms. The summed E-state index contributed by atoms with van der Waals surface area (Å²) in [5.41, 5.74) is 8.22. The van der Waals surface area contributed by atoms with Crippen LogP contribution in [0.15, 0.2) is 54.7 Å². The Morgan fingerprint density at radius 3 is 2.18 bits per heavy atom. The molecule has 0 aliphatic carbocycles. The summed E-state index contributed by atoms with van der Waals surface area (Å²) in [5.74, 6) is -0.764. The van der Waals surface area contributed by atoms with E-state index in [1.165, 1.54) is 6.20 Å². The van der Waals surface area contributed by atoms with Gasteiger partial charge >= 0.3 is 0 Å². The van der Waals surface area contributed by atoms with Gasteiger partial charge in [0, 0.05) is 10.6 Å². The molecular weight excluding hydrogens is 376 g/mol. The molecule has 0 fully saturated rings. The highest BCUT2D eigenvalue weighted by Gasteiger charge is 2.21. The molecule has 3 rings (SSSR count). The van der Waals surface area contributed by atoms with Crippen molar-refractivity contribution in [3.8, 4) is 5.69 Å². The number of hydrazine groups is 1. The molecule has 0 unspecified atom stereocenters. The molecule has 0 aliphatic heterocycles. The smallest absolute Gasteiger partial charge is 0.267 e. The van der Waals surface area contributed by atoms with Crippen LogP contribution in [0.25, 0.3) is 5.69 Å². The molecule has 1 heterocycles. The van der Waals surface area contributed by atoms with E-state index in [0.29, 0.717) is 16.1 Å². The Bertz CT molecular complexity index is 1010. The molecular formula is C21H21ClN4O2. The molecule has 0 aliphatic rings. The van der Waals surface area contributed by atoms with Gasteiger partial charge in [-0.15, -0.1) is 0 Å². The summed E-state index contributed by atoms with van der Waals surface area (Å²) in [6.07, 6.45) is 1.50. The second-order valence-corrected chi connectivity index (χ2v) is 7.15. The molecule has 0 bridgehead atoms. The molecule has 1 aromatic heterocycles.